The summed E-state index contributed by atoms with van der Waals surface area (Å²) < 4.78 is 0.688. The van der Waals surface area contributed by atoms with Crippen LogP contribution in [0.3, 0.4) is 0 Å². The molecular formula is C11H11BrN2O3. The third kappa shape index (κ3) is 2.31. The van der Waals surface area contributed by atoms with E-state index in [1.54, 1.807) is 19.2 Å². The minimum Gasteiger partial charge on any atom is -0.480 e. The number of carbonyl (C=O) groups is 2. The maximum absolute atomic E-state index is 11.9. The van der Waals surface area contributed by atoms with E-state index in [1.165, 1.54) is 0 Å². The van der Waals surface area contributed by atoms with Gasteiger partial charge in [0, 0.05) is 10.7 Å². The van der Waals surface area contributed by atoms with E-state index in [9.17, 15) is 9.59 Å². The van der Waals surface area contributed by atoms with Gasteiger partial charge in [0.15, 0.2) is 0 Å². The molecule has 1 fully saturated rings. The number of carboxylic acids is 1. The van der Waals surface area contributed by atoms with Gasteiger partial charge < -0.3 is 10.4 Å². The van der Waals surface area contributed by atoms with E-state index in [-0.39, 0.29) is 0 Å². The fourth-order valence-electron chi connectivity index (χ4n) is 1.54. The monoisotopic (exact) mass is 298 g/mol. The Bertz CT molecular complexity index is 497. The average Bonchev–Trinajstić information content (AvgIpc) is 3.02. The predicted molar refractivity (Wildman–Crippen MR) is 63.7 cm³/mol. The normalized spacial score (nSPS) is 16.4. The number of carboxylic acid groups (broad SMARTS) is 1. The minimum absolute atomic E-state index is 0.392. The largest absolute Gasteiger partial charge is 0.480 e. The quantitative estimate of drug-likeness (QED) is 0.886. The van der Waals surface area contributed by atoms with Crippen LogP contribution in [0.1, 0.15) is 28.9 Å². The molecule has 0 spiro atoms. The number of aliphatic carboxylic acids is 1. The van der Waals surface area contributed by atoms with Crippen LogP contribution in [0.4, 0.5) is 0 Å². The molecule has 0 aromatic carbocycles. The van der Waals surface area contributed by atoms with Crippen LogP contribution in [0, 0.1) is 6.92 Å². The summed E-state index contributed by atoms with van der Waals surface area (Å²) in [7, 11) is 0. The highest BCUT2D eigenvalue weighted by Gasteiger charge is 2.51. The summed E-state index contributed by atoms with van der Waals surface area (Å²) in [6, 6.07) is 1.63. The highest BCUT2D eigenvalue weighted by Crippen LogP contribution is 2.35. The summed E-state index contributed by atoms with van der Waals surface area (Å²) in [5.41, 5.74) is -0.0925. The number of carbonyl (C=O) groups excluding carboxylic acids is 1. The van der Waals surface area contributed by atoms with Crippen molar-refractivity contribution in [2.75, 3.05) is 0 Å². The molecule has 0 unspecified atom stereocenters. The maximum atomic E-state index is 11.9. The molecule has 90 valence electrons. The van der Waals surface area contributed by atoms with Crippen molar-refractivity contribution >= 4 is 27.8 Å². The predicted octanol–water partition coefficient (Wildman–Crippen LogP) is 1.50. The van der Waals surface area contributed by atoms with Gasteiger partial charge >= 0.3 is 5.97 Å². The molecule has 0 aliphatic heterocycles. The lowest BCUT2D eigenvalue weighted by Gasteiger charge is -2.13. The zero-order chi connectivity index (χ0) is 12.6. The van der Waals surface area contributed by atoms with Gasteiger partial charge in [0.2, 0.25) is 0 Å². The second-order valence-corrected chi connectivity index (χ2v) is 5.04. The Balaban J connectivity index is 2.21. The van der Waals surface area contributed by atoms with Gasteiger partial charge in [-0.25, -0.2) is 4.79 Å². The third-order valence-electron chi connectivity index (χ3n) is 2.81. The second kappa shape index (κ2) is 4.10. The van der Waals surface area contributed by atoms with Crippen LogP contribution >= 0.6 is 15.9 Å². The number of pyridine rings is 1. The van der Waals surface area contributed by atoms with E-state index in [2.05, 4.69) is 26.2 Å². The molecule has 2 rings (SSSR count). The van der Waals surface area contributed by atoms with Crippen LogP contribution in [-0.2, 0) is 4.79 Å². The van der Waals surface area contributed by atoms with E-state index in [0.717, 1.165) is 0 Å². The molecule has 0 saturated heterocycles. The molecule has 1 aliphatic carbocycles. The summed E-state index contributed by atoms with van der Waals surface area (Å²) in [5.74, 6) is -1.37. The van der Waals surface area contributed by atoms with Gasteiger partial charge in [-0.15, -0.1) is 0 Å². The number of aryl methyl sites for hydroxylation is 1. The number of amides is 1. The fraction of sp³-hybridized carbons (Fsp3) is 0.364. The molecule has 5 nitrogen and oxygen atoms in total. The van der Waals surface area contributed by atoms with Crippen molar-refractivity contribution < 1.29 is 14.7 Å². The van der Waals surface area contributed by atoms with Crippen LogP contribution in [0.25, 0.3) is 0 Å². The number of hydrogen-bond acceptors (Lipinski definition) is 3. The van der Waals surface area contributed by atoms with Crippen LogP contribution in [0.15, 0.2) is 16.7 Å². The van der Waals surface area contributed by atoms with E-state index in [0.29, 0.717) is 28.6 Å². The lowest BCUT2D eigenvalue weighted by molar-refractivity contribution is -0.140. The van der Waals surface area contributed by atoms with Crippen LogP contribution < -0.4 is 5.32 Å². The zero-order valence-corrected chi connectivity index (χ0v) is 10.7. The van der Waals surface area contributed by atoms with Gasteiger partial charge in [0.25, 0.3) is 5.91 Å². The number of halogens is 1. The Labute approximate surface area is 106 Å². The Morgan fingerprint density at radius 2 is 2.18 bits per heavy atom. The average molecular weight is 299 g/mol. The maximum Gasteiger partial charge on any atom is 0.329 e. The van der Waals surface area contributed by atoms with E-state index in [4.69, 9.17) is 5.11 Å². The SMILES string of the molecule is Cc1ncc(Br)cc1C(=O)NC1(C(=O)O)CC1. The number of aromatic nitrogens is 1. The lowest BCUT2D eigenvalue weighted by Crippen LogP contribution is -2.43. The van der Waals surface area contributed by atoms with Crippen LogP contribution in [0.2, 0.25) is 0 Å². The molecule has 2 N–H and O–H groups in total. The molecule has 1 aromatic heterocycles. The van der Waals surface area contributed by atoms with Crippen molar-refractivity contribution in [3.8, 4) is 0 Å². The molecule has 0 atom stereocenters. The smallest absolute Gasteiger partial charge is 0.329 e. The summed E-state index contributed by atoms with van der Waals surface area (Å²) in [4.78, 5) is 26.9. The van der Waals surface area contributed by atoms with E-state index >= 15 is 0 Å². The summed E-state index contributed by atoms with van der Waals surface area (Å²) in [5, 5.41) is 11.5. The standard InChI is InChI=1S/C11H11BrN2O3/c1-6-8(4-7(12)5-13-6)9(15)14-11(2-3-11)10(16)17/h4-5H,2-3H2,1H3,(H,14,15)(H,16,17). The first kappa shape index (κ1) is 12.0. The van der Waals surface area contributed by atoms with Gasteiger partial charge in [-0.2, -0.15) is 0 Å². The van der Waals surface area contributed by atoms with Crippen LogP contribution in [-0.4, -0.2) is 27.5 Å². The molecule has 1 amide bonds. The van der Waals surface area contributed by atoms with E-state index < -0.39 is 17.4 Å². The van der Waals surface area contributed by atoms with Crippen molar-refractivity contribution in [2.24, 2.45) is 0 Å². The molecule has 0 bridgehead atoms. The third-order valence-corrected chi connectivity index (χ3v) is 3.24. The summed E-state index contributed by atoms with van der Waals surface area (Å²) in [6.07, 6.45) is 2.55. The summed E-state index contributed by atoms with van der Waals surface area (Å²) >= 11 is 3.23. The number of nitrogens with one attached hydrogen (secondary N) is 1. The Morgan fingerprint density at radius 3 is 2.71 bits per heavy atom. The van der Waals surface area contributed by atoms with Crippen LogP contribution in [0.5, 0.6) is 0 Å². The van der Waals surface area contributed by atoms with Gasteiger partial charge in [0.1, 0.15) is 5.54 Å². The van der Waals surface area contributed by atoms with Gasteiger partial charge in [0.05, 0.1) is 11.3 Å². The zero-order valence-electron chi connectivity index (χ0n) is 9.16. The van der Waals surface area contributed by atoms with Gasteiger partial charge in [-0.1, -0.05) is 0 Å². The number of hydrogen-bond donors (Lipinski definition) is 2. The molecule has 6 heteroatoms. The van der Waals surface area contributed by atoms with Crippen molar-refractivity contribution in [1.29, 1.82) is 0 Å². The number of nitrogens with zero attached hydrogens (tertiary/aromatic N) is 1. The molecule has 0 radical (unpaired) electrons. The minimum atomic E-state index is -1.06. The molecular weight excluding hydrogens is 288 g/mol. The molecule has 1 aromatic rings. The first-order valence-corrected chi connectivity index (χ1v) is 5.92. The highest BCUT2D eigenvalue weighted by molar-refractivity contribution is 9.10. The topological polar surface area (TPSA) is 79.3 Å². The summed E-state index contributed by atoms with van der Waals surface area (Å²) in [6.45, 7) is 1.71. The Kier molecular flexibility index (Phi) is 2.91. The van der Waals surface area contributed by atoms with Crippen molar-refractivity contribution in [3.05, 3.63) is 28.0 Å². The second-order valence-electron chi connectivity index (χ2n) is 4.13. The van der Waals surface area contributed by atoms with Crippen molar-refractivity contribution in [3.63, 3.8) is 0 Å². The fourth-order valence-corrected chi connectivity index (χ4v) is 1.87. The first-order valence-electron chi connectivity index (χ1n) is 5.13. The van der Waals surface area contributed by atoms with Crippen molar-refractivity contribution in [1.82, 2.24) is 10.3 Å². The molecule has 1 heterocycles. The number of rotatable bonds is 3. The highest BCUT2D eigenvalue weighted by atomic mass is 79.9. The Hall–Kier alpha value is -1.43. The first-order chi connectivity index (χ1) is 7.94. The lowest BCUT2D eigenvalue weighted by atomic mass is 10.1. The molecule has 1 saturated carbocycles. The molecule has 1 aliphatic rings. The Morgan fingerprint density at radius 1 is 1.53 bits per heavy atom. The van der Waals surface area contributed by atoms with Gasteiger partial charge in [-0.3, -0.25) is 9.78 Å². The van der Waals surface area contributed by atoms with E-state index in [1.807, 2.05) is 0 Å². The van der Waals surface area contributed by atoms with Gasteiger partial charge in [-0.05, 0) is 41.8 Å². The van der Waals surface area contributed by atoms with Crippen molar-refractivity contribution in [2.45, 2.75) is 25.3 Å². The molecule has 17 heavy (non-hydrogen) atoms.